The van der Waals surface area contributed by atoms with E-state index in [9.17, 15) is 86.3 Å². The molecule has 7 aliphatic heterocycles. The summed E-state index contributed by atoms with van der Waals surface area (Å²) < 4.78 is 16.3. The van der Waals surface area contributed by atoms with E-state index in [1.165, 1.54) is 83.2 Å². The van der Waals surface area contributed by atoms with Crippen LogP contribution in [-0.2, 0) is 101 Å². The molecule has 0 bridgehead atoms. The zero-order chi connectivity index (χ0) is 86.1. The van der Waals surface area contributed by atoms with E-state index in [2.05, 4.69) is 149 Å². The molecule has 0 aromatic heterocycles. The predicted octanol–water partition coefficient (Wildman–Crippen LogP) is 5.50. The topological polar surface area (TPSA) is 492 Å². The Balaban J connectivity index is 0.000000286. The molecule has 116 heavy (non-hydrogen) atoms. The fourth-order valence-corrected chi connectivity index (χ4v) is 13.6. The van der Waals surface area contributed by atoms with Gasteiger partial charge in [-0.15, -0.1) is 0 Å². The molecule has 8 aliphatic rings. The van der Waals surface area contributed by atoms with E-state index in [0.29, 0.717) is 83.3 Å². The van der Waals surface area contributed by atoms with Gasteiger partial charge in [-0.1, -0.05) is 67.8 Å². The summed E-state index contributed by atoms with van der Waals surface area (Å²) in [5, 5.41) is 53.7. The van der Waals surface area contributed by atoms with Crippen molar-refractivity contribution in [2.24, 2.45) is 0 Å². The molecule has 1 fully saturated rings. The van der Waals surface area contributed by atoms with Crippen LogP contribution >= 0.6 is 95.6 Å². The normalized spacial score (nSPS) is 16.1. The van der Waals surface area contributed by atoms with Crippen molar-refractivity contribution in [1.82, 2.24) is 34.7 Å². The molecular weight excluding hydrogens is 1920 g/mol. The Labute approximate surface area is 715 Å². The van der Waals surface area contributed by atoms with Gasteiger partial charge in [0.2, 0.25) is 0 Å². The number of nitrogens with one attached hydrogen (secondary N) is 2. The Bertz CT molecular complexity index is 3840. The summed E-state index contributed by atoms with van der Waals surface area (Å²) in [5.41, 5.74) is 5.95. The molecule has 7 heterocycles. The van der Waals surface area contributed by atoms with E-state index in [1.807, 2.05) is 0 Å². The molecule has 0 radical (unpaired) electrons. The average molecular weight is 2010 g/mol. The molecule has 2 aromatic rings. The summed E-state index contributed by atoms with van der Waals surface area (Å²) in [6, 6.07) is 17.9. The smallest absolute Gasteiger partial charge is 0.305 e. The third kappa shape index (κ3) is 34.0. The number of benzene rings is 2. The predicted molar refractivity (Wildman–Crippen MR) is 432 cm³/mol. The minimum atomic E-state index is -0.953. The summed E-state index contributed by atoms with van der Waals surface area (Å²) >= 11 is 18.0. The number of unbranched alkanes of at least 4 members (excludes halogenated alkanes) is 6. The zero-order valence-electron chi connectivity index (χ0n) is 62.5. The van der Waals surface area contributed by atoms with Gasteiger partial charge >= 0.3 is 35.8 Å². The first-order chi connectivity index (χ1) is 55.1. The van der Waals surface area contributed by atoms with Crippen molar-refractivity contribution in [3.8, 4) is 11.1 Å². The number of piperazine rings is 1. The molecule has 12 amide bonds. The minimum Gasteiger partial charge on any atom is -0.481 e. The largest absolute Gasteiger partial charge is 0.481 e. The minimum absolute atomic E-state index is 0.0569. The van der Waals surface area contributed by atoms with Gasteiger partial charge in [-0.05, 0) is 156 Å². The van der Waals surface area contributed by atoms with Crippen LogP contribution in [0, 0.1) is 0 Å². The first-order valence-corrected chi connectivity index (χ1v) is 41.0. The highest BCUT2D eigenvalue weighted by Gasteiger charge is 2.38. The molecule has 0 spiro atoms. The second-order valence-corrected chi connectivity index (χ2v) is 30.4. The van der Waals surface area contributed by atoms with Crippen molar-refractivity contribution in [2.75, 3.05) is 112 Å². The van der Waals surface area contributed by atoms with Crippen LogP contribution in [0.5, 0.6) is 0 Å². The van der Waals surface area contributed by atoms with Gasteiger partial charge < -0.3 is 55.1 Å². The Morgan fingerprint density at radius 2 is 0.629 bits per heavy atom. The van der Waals surface area contributed by atoms with Gasteiger partial charge in [0.05, 0.1) is 113 Å². The average Bonchev–Trinajstić information content (AvgIpc) is 1.61. The number of amides is 12. The number of quaternary nitrogens is 1. The van der Waals surface area contributed by atoms with Crippen LogP contribution in [-0.4, -0.2) is 278 Å². The third-order valence-corrected chi connectivity index (χ3v) is 22.3. The summed E-state index contributed by atoms with van der Waals surface area (Å²) in [7, 11) is 0. The van der Waals surface area contributed by atoms with E-state index in [0.717, 1.165) is 37.6 Å². The van der Waals surface area contributed by atoms with E-state index in [4.69, 9.17) is 44.8 Å². The van der Waals surface area contributed by atoms with Crippen molar-refractivity contribution in [3.63, 3.8) is 0 Å². The Kier molecular flexibility index (Phi) is 45.3. The van der Waals surface area contributed by atoms with Crippen LogP contribution < -0.4 is 10.2 Å². The standard InChI is InChI=1S/C18H20N2.C10H11Br2NO4.C10H12BrNO4.C10H13NO4.C9H9Br2NO5.C9H10BrNO5.C9H11NO5/c1-3-7-16-14(5-1)15-6-2-4-8-17(15)18(16)13-20-11-9-19-10-12-20;11-7-8(12)10(17)13(9(7)16)5-3-1-2-4-6(14)15;11-7-6-8(13)12(10(7)16)5-3-1-2-4-9(14)15;12-8-5-6-9(13)11(8)7-3-1-2-4-10(14)15;10-6-7(11)9(16)12(8(6)15)2-4-17-3-1-5(13)14;10-6-5-7(12)11(9(6)15)2-4-16-3-1-8(13)14;11-7-1-2-8(12)10(7)4-6-15-5-3-9(13)14/h1-8,18-19H,9-13H2;1-5H2,(H,14,15);6H,1-5H2,(H,14,15);5-6H,1-4,7H2,(H,14,15);1-4H2,(H,13,14);5H,1-4H2,(H,13,14);1-2H,3-6H2,(H,13,14)/p+1. The number of hydrogen-bond acceptors (Lipinski definition) is 22. The molecular formula is C75H87Br6N8O27+. The maximum atomic E-state index is 11.6. The zero-order valence-corrected chi connectivity index (χ0v) is 72.0. The van der Waals surface area contributed by atoms with Gasteiger partial charge in [0.25, 0.3) is 70.9 Å². The summed E-state index contributed by atoms with van der Waals surface area (Å²) in [4.78, 5) is 205. The number of ether oxygens (including phenoxy) is 3. The first kappa shape index (κ1) is 99.6. The quantitative estimate of drug-likeness (QED) is 0.0304. The number of carbonyl (C=O) groups is 18. The number of halogens is 6. The molecule has 8 N–H and O–H groups in total. The van der Waals surface area contributed by atoms with Crippen molar-refractivity contribution < 1.29 is 136 Å². The second-order valence-electron chi connectivity index (χ2n) is 25.5. The van der Waals surface area contributed by atoms with Gasteiger partial charge in [0.1, 0.15) is 17.9 Å². The monoisotopic (exact) mass is 2010 g/mol. The molecule has 41 heteroatoms. The van der Waals surface area contributed by atoms with Crippen LogP contribution in [0.3, 0.4) is 0 Å². The maximum absolute atomic E-state index is 11.6. The molecule has 0 atom stereocenters. The van der Waals surface area contributed by atoms with Gasteiger partial charge in [-0.2, -0.15) is 0 Å². The molecule has 10 rings (SSSR count). The second kappa shape index (κ2) is 52.8. The lowest BCUT2D eigenvalue weighted by molar-refractivity contribution is -0.902. The molecule has 1 aliphatic carbocycles. The van der Waals surface area contributed by atoms with E-state index in [1.54, 1.807) is 4.90 Å². The Morgan fingerprint density at radius 1 is 0.345 bits per heavy atom. The number of carboxylic acid groups (broad SMARTS) is 6. The highest BCUT2D eigenvalue weighted by molar-refractivity contribution is 9.15. The van der Waals surface area contributed by atoms with Crippen LogP contribution in [0.15, 0.2) is 112 Å². The fourth-order valence-electron chi connectivity index (χ4n) is 11.3. The molecule has 0 unspecified atom stereocenters. The highest BCUT2D eigenvalue weighted by Crippen LogP contribution is 2.44. The number of rotatable bonds is 38. The number of fused-ring (bicyclic) bond motifs is 3. The Hall–Kier alpha value is -8.78. The highest BCUT2D eigenvalue weighted by atomic mass is 79.9. The Morgan fingerprint density at radius 3 is 0.957 bits per heavy atom. The van der Waals surface area contributed by atoms with E-state index < -0.39 is 59.4 Å². The number of imide groups is 6. The number of hydrogen-bond donors (Lipinski definition) is 8. The number of nitrogens with zero attached hydrogens (tertiary/aromatic N) is 6. The summed E-state index contributed by atoms with van der Waals surface area (Å²) in [6.45, 7) is 8.11. The van der Waals surface area contributed by atoms with E-state index >= 15 is 0 Å². The lowest BCUT2D eigenvalue weighted by atomic mass is 9.96. The third-order valence-electron chi connectivity index (χ3n) is 17.2. The lowest BCUT2D eigenvalue weighted by Crippen LogP contribution is -3.15. The van der Waals surface area contributed by atoms with Crippen LogP contribution in [0.25, 0.3) is 11.1 Å². The SMILES string of the molecule is O=C(O)CCCCCN1C(=O)C(Br)=C(Br)C1=O.O=C(O)CCCCCN1C(=O)C=C(Br)C1=O.O=C(O)CCCCCN1C(=O)C=CC1=O.O=C(O)CCOCCN1C(=O)C(Br)=C(Br)C1=O.O=C(O)CCOCCN1C(=O)C=C(Br)C1=O.O=C(O)CCOCCN1C(=O)C=CC1=O.c1ccc2c(c1)-c1ccccc1C2C[NH+]1CCNCC1. The summed E-state index contributed by atoms with van der Waals surface area (Å²) in [5.74, 6) is -8.96. The van der Waals surface area contributed by atoms with Crippen LogP contribution in [0.2, 0.25) is 0 Å². The van der Waals surface area contributed by atoms with Crippen LogP contribution in [0.1, 0.15) is 113 Å². The summed E-state index contributed by atoms with van der Waals surface area (Å²) in [6.07, 6.45) is 13.1. The molecule has 35 nitrogen and oxygen atoms in total. The molecule has 2 aromatic carbocycles. The molecule has 630 valence electrons. The maximum Gasteiger partial charge on any atom is 0.305 e. The van der Waals surface area contributed by atoms with Gasteiger partial charge in [0, 0.05) is 88.4 Å². The van der Waals surface area contributed by atoms with Gasteiger partial charge in [0.15, 0.2) is 0 Å². The van der Waals surface area contributed by atoms with Crippen LogP contribution in [0.4, 0.5) is 0 Å². The van der Waals surface area contributed by atoms with Crippen molar-refractivity contribution in [1.29, 1.82) is 0 Å². The van der Waals surface area contributed by atoms with Gasteiger partial charge in [-0.25, -0.2) is 0 Å². The van der Waals surface area contributed by atoms with Crippen molar-refractivity contribution in [3.05, 3.63) is 123 Å². The van der Waals surface area contributed by atoms with Crippen molar-refractivity contribution >= 4 is 202 Å². The molecule has 0 saturated carbocycles. The number of aliphatic carboxylic acids is 6. The fraction of sp³-hybridized carbons (Fsp3) is 0.440. The molecule has 1 saturated heterocycles. The van der Waals surface area contributed by atoms with E-state index in [-0.39, 0.29) is 172 Å². The number of carbonyl (C=O) groups excluding carboxylic acids is 12. The van der Waals surface area contributed by atoms with Crippen molar-refractivity contribution in [2.45, 2.75) is 102 Å². The number of carboxylic acids is 6. The first-order valence-electron chi connectivity index (χ1n) is 36.2. The van der Waals surface area contributed by atoms with Gasteiger partial charge in [-0.3, -0.25) is 116 Å². The lowest BCUT2D eigenvalue weighted by Gasteiger charge is -2.27.